The highest BCUT2D eigenvalue weighted by molar-refractivity contribution is 7.89. The maximum absolute atomic E-state index is 11.9. The van der Waals surface area contributed by atoms with Gasteiger partial charge in [0, 0.05) is 12.5 Å². The minimum Gasteiger partial charge on any atom is -0.481 e. The fourth-order valence-corrected chi connectivity index (χ4v) is 3.75. The van der Waals surface area contributed by atoms with Gasteiger partial charge in [0.25, 0.3) is 0 Å². The van der Waals surface area contributed by atoms with Crippen molar-refractivity contribution in [3.05, 3.63) is 0 Å². The smallest absolute Gasteiger partial charge is 0.308 e. The third kappa shape index (κ3) is 5.46. The van der Waals surface area contributed by atoms with E-state index >= 15 is 0 Å². The maximum Gasteiger partial charge on any atom is 0.308 e. The highest BCUT2D eigenvalue weighted by Gasteiger charge is 2.33. The van der Waals surface area contributed by atoms with Crippen molar-refractivity contribution >= 4 is 22.0 Å². The number of hydrogen-bond donors (Lipinski definition) is 2. The third-order valence-electron chi connectivity index (χ3n) is 3.44. The van der Waals surface area contributed by atoms with Gasteiger partial charge >= 0.3 is 11.9 Å². The zero-order valence-corrected chi connectivity index (χ0v) is 12.3. The summed E-state index contributed by atoms with van der Waals surface area (Å²) < 4.78 is 30.7. The second-order valence-corrected chi connectivity index (χ2v) is 6.83. The topological polar surface area (TPSA) is 110 Å². The van der Waals surface area contributed by atoms with Gasteiger partial charge in [0.15, 0.2) is 0 Å². The molecule has 2 N–H and O–H groups in total. The van der Waals surface area contributed by atoms with E-state index in [1.807, 2.05) is 0 Å². The number of methoxy groups -OCH3 is 1. The number of ether oxygens (including phenoxy) is 1. The molecule has 8 heteroatoms. The number of carboxylic acid groups (broad SMARTS) is 1. The summed E-state index contributed by atoms with van der Waals surface area (Å²) in [7, 11) is -2.33. The van der Waals surface area contributed by atoms with Crippen molar-refractivity contribution in [1.29, 1.82) is 0 Å². The normalized spacial score (nSPS) is 23.2. The Labute approximate surface area is 118 Å². The standard InChI is InChI=1S/C12H21NO6S/c1-19-11(14)7-4-8-20(17,18)13-10-6-3-2-5-9(10)12(15)16/h9-10,13H,2-8H2,1H3,(H,15,16). The lowest BCUT2D eigenvalue weighted by Crippen LogP contribution is -2.45. The van der Waals surface area contributed by atoms with Crippen LogP contribution in [0.5, 0.6) is 0 Å². The average molecular weight is 307 g/mol. The largest absolute Gasteiger partial charge is 0.481 e. The summed E-state index contributed by atoms with van der Waals surface area (Å²) in [5.41, 5.74) is 0. The molecule has 20 heavy (non-hydrogen) atoms. The van der Waals surface area contributed by atoms with Gasteiger partial charge in [-0.15, -0.1) is 0 Å². The molecule has 1 saturated carbocycles. The number of sulfonamides is 1. The molecule has 1 fully saturated rings. The van der Waals surface area contributed by atoms with Crippen molar-refractivity contribution < 1.29 is 27.9 Å². The van der Waals surface area contributed by atoms with Crippen LogP contribution in [0.3, 0.4) is 0 Å². The van der Waals surface area contributed by atoms with Crippen LogP contribution < -0.4 is 4.72 Å². The molecule has 0 radical (unpaired) electrons. The van der Waals surface area contributed by atoms with Crippen LogP contribution in [0, 0.1) is 5.92 Å². The number of carbonyl (C=O) groups is 2. The third-order valence-corrected chi connectivity index (χ3v) is 4.92. The molecule has 0 aliphatic heterocycles. The molecule has 0 aromatic rings. The Morgan fingerprint density at radius 2 is 1.95 bits per heavy atom. The summed E-state index contributed by atoms with van der Waals surface area (Å²) in [6.45, 7) is 0. The lowest BCUT2D eigenvalue weighted by atomic mass is 9.85. The highest BCUT2D eigenvalue weighted by atomic mass is 32.2. The van der Waals surface area contributed by atoms with Gasteiger partial charge in [-0.2, -0.15) is 0 Å². The van der Waals surface area contributed by atoms with Crippen LogP contribution in [0.2, 0.25) is 0 Å². The lowest BCUT2D eigenvalue weighted by molar-refractivity contribution is -0.143. The number of hydrogen-bond acceptors (Lipinski definition) is 5. The van der Waals surface area contributed by atoms with Crippen molar-refractivity contribution in [2.75, 3.05) is 12.9 Å². The first-order valence-electron chi connectivity index (χ1n) is 6.65. The van der Waals surface area contributed by atoms with Gasteiger partial charge < -0.3 is 9.84 Å². The van der Waals surface area contributed by atoms with Crippen LogP contribution in [0.1, 0.15) is 38.5 Å². The van der Waals surface area contributed by atoms with Crippen molar-refractivity contribution in [3.8, 4) is 0 Å². The van der Waals surface area contributed by atoms with E-state index in [9.17, 15) is 18.0 Å². The fraction of sp³-hybridized carbons (Fsp3) is 0.833. The van der Waals surface area contributed by atoms with E-state index in [0.29, 0.717) is 12.8 Å². The Bertz CT molecular complexity index is 447. The molecule has 2 atom stereocenters. The maximum atomic E-state index is 11.9. The van der Waals surface area contributed by atoms with Gasteiger partial charge in [0.2, 0.25) is 10.0 Å². The van der Waals surface area contributed by atoms with Gasteiger partial charge in [-0.25, -0.2) is 13.1 Å². The van der Waals surface area contributed by atoms with E-state index in [1.165, 1.54) is 7.11 Å². The van der Waals surface area contributed by atoms with Crippen LogP contribution >= 0.6 is 0 Å². The Kier molecular flexibility index (Phi) is 6.41. The molecule has 0 aromatic carbocycles. The van der Waals surface area contributed by atoms with Crippen molar-refractivity contribution in [3.63, 3.8) is 0 Å². The van der Waals surface area contributed by atoms with Crippen LogP contribution in [0.4, 0.5) is 0 Å². The van der Waals surface area contributed by atoms with E-state index < -0.39 is 33.9 Å². The lowest BCUT2D eigenvalue weighted by Gasteiger charge is -2.28. The number of nitrogens with one attached hydrogen (secondary N) is 1. The first-order valence-corrected chi connectivity index (χ1v) is 8.30. The minimum atomic E-state index is -3.57. The molecule has 0 aromatic heterocycles. The first-order chi connectivity index (χ1) is 9.35. The van der Waals surface area contributed by atoms with Gasteiger partial charge in [-0.1, -0.05) is 12.8 Å². The number of carboxylic acids is 1. The van der Waals surface area contributed by atoms with Crippen molar-refractivity contribution in [1.82, 2.24) is 4.72 Å². The summed E-state index contributed by atoms with van der Waals surface area (Å²) >= 11 is 0. The van der Waals surface area contributed by atoms with Gasteiger partial charge in [0.1, 0.15) is 0 Å². The SMILES string of the molecule is COC(=O)CCCS(=O)(=O)NC1CCCCC1C(=O)O. The van der Waals surface area contributed by atoms with Gasteiger partial charge in [-0.05, 0) is 19.3 Å². The second kappa shape index (κ2) is 7.58. The molecule has 0 bridgehead atoms. The summed E-state index contributed by atoms with van der Waals surface area (Å²) in [5, 5.41) is 9.09. The number of esters is 1. The molecule has 1 aliphatic carbocycles. The fourth-order valence-electron chi connectivity index (χ4n) is 2.37. The summed E-state index contributed by atoms with van der Waals surface area (Å²) in [6, 6.07) is -0.552. The predicted octanol–water partition coefficient (Wildman–Crippen LogP) is 0.502. The zero-order valence-electron chi connectivity index (χ0n) is 11.5. The molecule has 1 aliphatic rings. The zero-order chi connectivity index (χ0) is 15.2. The Morgan fingerprint density at radius 3 is 2.55 bits per heavy atom. The average Bonchev–Trinajstić information content (AvgIpc) is 2.38. The van der Waals surface area contributed by atoms with Gasteiger partial charge in [0.05, 0.1) is 18.8 Å². The number of rotatable bonds is 7. The Balaban J connectivity index is 2.51. The highest BCUT2D eigenvalue weighted by Crippen LogP contribution is 2.25. The van der Waals surface area contributed by atoms with E-state index in [4.69, 9.17) is 5.11 Å². The van der Waals surface area contributed by atoms with Crippen molar-refractivity contribution in [2.24, 2.45) is 5.92 Å². The van der Waals surface area contributed by atoms with Crippen molar-refractivity contribution in [2.45, 2.75) is 44.6 Å². The van der Waals surface area contributed by atoms with Gasteiger partial charge in [-0.3, -0.25) is 9.59 Å². The molecular weight excluding hydrogens is 286 g/mol. The molecule has 116 valence electrons. The molecular formula is C12H21NO6S. The molecule has 0 saturated heterocycles. The van der Waals surface area contributed by atoms with Crippen LogP contribution in [-0.4, -0.2) is 44.4 Å². The van der Waals surface area contributed by atoms with E-state index in [-0.39, 0.29) is 18.6 Å². The molecule has 7 nitrogen and oxygen atoms in total. The summed E-state index contributed by atoms with van der Waals surface area (Å²) in [5.74, 6) is -2.29. The predicted molar refractivity (Wildman–Crippen MR) is 71.6 cm³/mol. The van der Waals surface area contributed by atoms with E-state index in [2.05, 4.69) is 9.46 Å². The molecule has 1 rings (SSSR count). The van der Waals surface area contributed by atoms with Crippen LogP contribution in [0.15, 0.2) is 0 Å². The molecule has 0 spiro atoms. The number of aliphatic carboxylic acids is 1. The quantitative estimate of drug-likeness (QED) is 0.663. The summed E-state index contributed by atoms with van der Waals surface area (Å²) in [6.07, 6.45) is 2.84. The molecule has 0 amide bonds. The monoisotopic (exact) mass is 307 g/mol. The Morgan fingerprint density at radius 1 is 1.30 bits per heavy atom. The van der Waals surface area contributed by atoms with E-state index in [0.717, 1.165) is 12.8 Å². The first kappa shape index (κ1) is 16.9. The Hall–Kier alpha value is -1.15. The van der Waals surface area contributed by atoms with E-state index in [1.54, 1.807) is 0 Å². The van der Waals surface area contributed by atoms with Crippen LogP contribution in [0.25, 0.3) is 0 Å². The molecule has 2 unspecified atom stereocenters. The molecule has 0 heterocycles. The summed E-state index contributed by atoms with van der Waals surface area (Å²) in [4.78, 5) is 22.0. The second-order valence-electron chi connectivity index (χ2n) is 4.95. The van der Waals surface area contributed by atoms with Crippen LogP contribution in [-0.2, 0) is 24.3 Å². The number of carbonyl (C=O) groups excluding carboxylic acids is 1. The minimum absolute atomic E-state index is 0.0322.